The Morgan fingerprint density at radius 2 is 1.09 bits per heavy atom. The first-order valence-corrected chi connectivity index (χ1v) is 11.6. The highest BCUT2D eigenvalue weighted by Crippen LogP contribution is 2.35. The first-order valence-electron chi connectivity index (χ1n) is 11.6. The van der Waals surface area contributed by atoms with Gasteiger partial charge >= 0.3 is 0 Å². The third-order valence-electron chi connectivity index (χ3n) is 6.77. The fourth-order valence-electron chi connectivity index (χ4n) is 5.13. The molecule has 0 amide bonds. The average molecular weight is 435 g/mol. The van der Waals surface area contributed by atoms with E-state index in [-0.39, 0.29) is 0 Å². The van der Waals surface area contributed by atoms with Gasteiger partial charge in [0.05, 0.1) is 16.6 Å². The van der Waals surface area contributed by atoms with Crippen LogP contribution in [0.25, 0.3) is 55.2 Å². The first-order chi connectivity index (χ1) is 16.9. The summed E-state index contributed by atoms with van der Waals surface area (Å²) in [5.74, 6) is 0. The first kappa shape index (κ1) is 19.0. The molecule has 0 saturated heterocycles. The molecule has 2 nitrogen and oxygen atoms in total. The molecule has 0 bridgehead atoms. The summed E-state index contributed by atoms with van der Waals surface area (Å²) in [5, 5.41) is 3.81. The zero-order valence-corrected chi connectivity index (χ0v) is 18.6. The van der Waals surface area contributed by atoms with E-state index in [1.165, 1.54) is 55.2 Å². The standard InChI is InChI=1S/C32H22N2/c1-2-9-27(10-3-1)34-31-13-7-5-11-28(31)29-22-25(16-19-32(29)34)23-14-17-26(18-15-23)33-21-20-24-8-4-6-12-30(24)33/h1-22H. The number of rotatable bonds is 3. The van der Waals surface area contributed by atoms with Crippen molar-refractivity contribution in [3.63, 3.8) is 0 Å². The summed E-state index contributed by atoms with van der Waals surface area (Å²) in [7, 11) is 0. The molecular formula is C32H22N2. The molecule has 0 fully saturated rings. The maximum Gasteiger partial charge on any atom is 0.0541 e. The minimum absolute atomic E-state index is 1.17. The monoisotopic (exact) mass is 434 g/mol. The Kier molecular flexibility index (Phi) is 4.18. The Balaban J connectivity index is 1.35. The Morgan fingerprint density at radius 3 is 1.94 bits per heavy atom. The molecule has 5 aromatic carbocycles. The lowest BCUT2D eigenvalue weighted by atomic mass is 10.0. The number of benzene rings is 5. The van der Waals surface area contributed by atoms with Crippen LogP contribution in [0.5, 0.6) is 0 Å². The molecule has 0 unspecified atom stereocenters. The zero-order chi connectivity index (χ0) is 22.5. The van der Waals surface area contributed by atoms with Gasteiger partial charge in [-0.25, -0.2) is 0 Å². The van der Waals surface area contributed by atoms with Crippen LogP contribution in [0.3, 0.4) is 0 Å². The Morgan fingerprint density at radius 1 is 0.412 bits per heavy atom. The molecule has 0 N–H and O–H groups in total. The summed E-state index contributed by atoms with van der Waals surface area (Å²) >= 11 is 0. The lowest BCUT2D eigenvalue weighted by molar-refractivity contribution is 1.13. The quantitative estimate of drug-likeness (QED) is 0.264. The highest BCUT2D eigenvalue weighted by atomic mass is 15.0. The normalized spacial score (nSPS) is 11.5. The molecule has 160 valence electrons. The highest BCUT2D eigenvalue weighted by molar-refractivity contribution is 6.10. The molecule has 0 spiro atoms. The van der Waals surface area contributed by atoms with Crippen molar-refractivity contribution in [2.75, 3.05) is 0 Å². The van der Waals surface area contributed by atoms with Gasteiger partial charge in [0.25, 0.3) is 0 Å². The number of nitrogens with zero attached hydrogens (tertiary/aromatic N) is 2. The van der Waals surface area contributed by atoms with E-state index in [9.17, 15) is 0 Å². The highest BCUT2D eigenvalue weighted by Gasteiger charge is 2.13. The van der Waals surface area contributed by atoms with Crippen molar-refractivity contribution in [1.29, 1.82) is 0 Å². The van der Waals surface area contributed by atoms with Crippen molar-refractivity contribution in [3.8, 4) is 22.5 Å². The Hall–Kier alpha value is -4.56. The lowest BCUT2D eigenvalue weighted by Gasteiger charge is -2.09. The van der Waals surface area contributed by atoms with E-state index >= 15 is 0 Å². The number of para-hydroxylation sites is 3. The Bertz CT molecular complexity index is 1780. The van der Waals surface area contributed by atoms with Crippen LogP contribution in [0.1, 0.15) is 0 Å². The number of hydrogen-bond acceptors (Lipinski definition) is 0. The van der Waals surface area contributed by atoms with Crippen molar-refractivity contribution >= 4 is 32.7 Å². The molecular weight excluding hydrogens is 412 g/mol. The summed E-state index contributed by atoms with van der Waals surface area (Å²) in [6, 6.07) is 45.6. The second-order valence-electron chi connectivity index (χ2n) is 8.71. The molecule has 2 heterocycles. The summed E-state index contributed by atoms with van der Waals surface area (Å²) in [4.78, 5) is 0. The van der Waals surface area contributed by atoms with E-state index in [1.807, 2.05) is 0 Å². The third kappa shape index (κ3) is 2.89. The van der Waals surface area contributed by atoms with E-state index in [0.717, 1.165) is 0 Å². The van der Waals surface area contributed by atoms with Crippen molar-refractivity contribution < 1.29 is 0 Å². The van der Waals surface area contributed by atoms with Gasteiger partial charge < -0.3 is 9.13 Å². The molecule has 34 heavy (non-hydrogen) atoms. The van der Waals surface area contributed by atoms with Gasteiger partial charge in [-0.3, -0.25) is 0 Å². The summed E-state index contributed by atoms with van der Waals surface area (Å²) in [6.07, 6.45) is 2.14. The fourth-order valence-corrected chi connectivity index (χ4v) is 5.13. The molecule has 0 radical (unpaired) electrons. The van der Waals surface area contributed by atoms with E-state index in [2.05, 4.69) is 143 Å². The average Bonchev–Trinajstić information content (AvgIpc) is 3.48. The van der Waals surface area contributed by atoms with Gasteiger partial charge in [-0.15, -0.1) is 0 Å². The predicted molar refractivity (Wildman–Crippen MR) is 143 cm³/mol. The number of hydrogen-bond donors (Lipinski definition) is 0. The van der Waals surface area contributed by atoms with E-state index in [4.69, 9.17) is 0 Å². The fraction of sp³-hybridized carbons (Fsp3) is 0. The SMILES string of the molecule is c1ccc(-n2c3ccccc3c3cc(-c4ccc(-n5ccc6ccccc65)cc4)ccc32)cc1. The van der Waals surface area contributed by atoms with Crippen molar-refractivity contribution in [3.05, 3.63) is 134 Å². The third-order valence-corrected chi connectivity index (χ3v) is 6.77. The number of aromatic nitrogens is 2. The molecule has 7 rings (SSSR count). The molecule has 0 saturated carbocycles. The Labute approximate surface area is 197 Å². The summed E-state index contributed by atoms with van der Waals surface area (Å²) in [5.41, 5.74) is 8.50. The van der Waals surface area contributed by atoms with Crippen molar-refractivity contribution in [1.82, 2.24) is 9.13 Å². The van der Waals surface area contributed by atoms with E-state index in [0.29, 0.717) is 0 Å². The maximum atomic E-state index is 2.36. The van der Waals surface area contributed by atoms with Crippen LogP contribution in [-0.2, 0) is 0 Å². The van der Waals surface area contributed by atoms with Crippen LogP contribution in [0.2, 0.25) is 0 Å². The van der Waals surface area contributed by atoms with Crippen LogP contribution in [0, 0.1) is 0 Å². The minimum Gasteiger partial charge on any atom is -0.317 e. The van der Waals surface area contributed by atoms with Crippen molar-refractivity contribution in [2.24, 2.45) is 0 Å². The van der Waals surface area contributed by atoms with Gasteiger partial charge in [-0.05, 0) is 71.1 Å². The maximum absolute atomic E-state index is 2.36. The zero-order valence-electron chi connectivity index (χ0n) is 18.6. The second kappa shape index (κ2) is 7.50. The van der Waals surface area contributed by atoms with Gasteiger partial charge in [-0.1, -0.05) is 72.8 Å². The minimum atomic E-state index is 1.17. The van der Waals surface area contributed by atoms with Crippen LogP contribution in [0.15, 0.2) is 134 Å². The second-order valence-corrected chi connectivity index (χ2v) is 8.71. The van der Waals surface area contributed by atoms with E-state index < -0.39 is 0 Å². The number of fused-ring (bicyclic) bond motifs is 4. The van der Waals surface area contributed by atoms with Gasteiger partial charge in [0.1, 0.15) is 0 Å². The molecule has 7 aromatic rings. The van der Waals surface area contributed by atoms with E-state index in [1.54, 1.807) is 0 Å². The summed E-state index contributed by atoms with van der Waals surface area (Å²) < 4.78 is 4.60. The predicted octanol–water partition coefficient (Wildman–Crippen LogP) is 8.39. The van der Waals surface area contributed by atoms with Crippen LogP contribution in [-0.4, -0.2) is 9.13 Å². The van der Waals surface area contributed by atoms with Crippen LogP contribution < -0.4 is 0 Å². The largest absolute Gasteiger partial charge is 0.317 e. The van der Waals surface area contributed by atoms with Crippen LogP contribution >= 0.6 is 0 Å². The molecule has 2 aromatic heterocycles. The lowest BCUT2D eigenvalue weighted by Crippen LogP contribution is -1.93. The van der Waals surface area contributed by atoms with Crippen molar-refractivity contribution in [2.45, 2.75) is 0 Å². The van der Waals surface area contributed by atoms with Crippen LogP contribution in [0.4, 0.5) is 0 Å². The molecule has 0 aliphatic carbocycles. The van der Waals surface area contributed by atoms with Gasteiger partial charge in [0, 0.05) is 28.3 Å². The van der Waals surface area contributed by atoms with Gasteiger partial charge in [0.15, 0.2) is 0 Å². The topological polar surface area (TPSA) is 9.86 Å². The summed E-state index contributed by atoms with van der Waals surface area (Å²) in [6.45, 7) is 0. The van der Waals surface area contributed by atoms with Gasteiger partial charge in [0.2, 0.25) is 0 Å². The smallest absolute Gasteiger partial charge is 0.0541 e. The molecule has 0 atom stereocenters. The van der Waals surface area contributed by atoms with Gasteiger partial charge in [-0.2, -0.15) is 0 Å². The molecule has 0 aliphatic heterocycles. The molecule has 2 heteroatoms. The molecule has 0 aliphatic rings.